The Hall–Kier alpha value is -0.120. The SMILES string of the molecule is CC1(C)CCCN(CCN2CCCNCC2)C1. The molecule has 0 aromatic carbocycles. The molecular formula is C14H29N3. The lowest BCUT2D eigenvalue weighted by Crippen LogP contribution is -2.44. The highest BCUT2D eigenvalue weighted by atomic mass is 15.2. The molecule has 1 N–H and O–H groups in total. The van der Waals surface area contributed by atoms with Crippen LogP contribution >= 0.6 is 0 Å². The van der Waals surface area contributed by atoms with E-state index in [9.17, 15) is 0 Å². The Morgan fingerprint density at radius 2 is 1.71 bits per heavy atom. The van der Waals surface area contributed by atoms with Gasteiger partial charge in [0, 0.05) is 32.7 Å². The fourth-order valence-electron chi connectivity index (χ4n) is 3.14. The molecule has 0 spiro atoms. The topological polar surface area (TPSA) is 18.5 Å². The highest BCUT2D eigenvalue weighted by Crippen LogP contribution is 2.27. The molecule has 0 radical (unpaired) electrons. The summed E-state index contributed by atoms with van der Waals surface area (Å²) in [4.78, 5) is 5.30. The normalized spacial score (nSPS) is 27.9. The van der Waals surface area contributed by atoms with Crippen molar-refractivity contribution in [2.75, 3.05) is 52.4 Å². The third kappa shape index (κ3) is 4.57. The minimum atomic E-state index is 0.540. The zero-order chi connectivity index (χ0) is 12.1. The van der Waals surface area contributed by atoms with Gasteiger partial charge in [0.05, 0.1) is 0 Å². The second kappa shape index (κ2) is 6.17. The van der Waals surface area contributed by atoms with Crippen molar-refractivity contribution in [1.82, 2.24) is 15.1 Å². The monoisotopic (exact) mass is 239 g/mol. The molecule has 0 saturated carbocycles. The van der Waals surface area contributed by atoms with Gasteiger partial charge in [0.15, 0.2) is 0 Å². The second-order valence-corrected chi connectivity index (χ2v) is 6.49. The highest BCUT2D eigenvalue weighted by Gasteiger charge is 2.26. The Labute approximate surface area is 107 Å². The maximum Gasteiger partial charge on any atom is 0.0110 e. The fourth-order valence-corrected chi connectivity index (χ4v) is 3.14. The van der Waals surface area contributed by atoms with Crippen molar-refractivity contribution in [2.24, 2.45) is 5.41 Å². The van der Waals surface area contributed by atoms with E-state index in [1.807, 2.05) is 0 Å². The lowest BCUT2D eigenvalue weighted by atomic mass is 9.84. The zero-order valence-electron chi connectivity index (χ0n) is 11.7. The van der Waals surface area contributed by atoms with Crippen LogP contribution in [0.25, 0.3) is 0 Å². The van der Waals surface area contributed by atoms with E-state index in [1.165, 1.54) is 71.6 Å². The summed E-state index contributed by atoms with van der Waals surface area (Å²) in [5.41, 5.74) is 0.540. The van der Waals surface area contributed by atoms with E-state index < -0.39 is 0 Å². The van der Waals surface area contributed by atoms with Crippen LogP contribution in [0.15, 0.2) is 0 Å². The van der Waals surface area contributed by atoms with Gasteiger partial charge in [-0.25, -0.2) is 0 Å². The van der Waals surface area contributed by atoms with Crippen molar-refractivity contribution in [3.63, 3.8) is 0 Å². The van der Waals surface area contributed by atoms with E-state index in [-0.39, 0.29) is 0 Å². The molecular weight excluding hydrogens is 210 g/mol. The Bertz CT molecular complexity index is 220. The standard InChI is InChI=1S/C14H29N3/c1-14(2)5-3-8-17(13-14)12-11-16-9-4-6-15-7-10-16/h15H,3-13H2,1-2H3. The van der Waals surface area contributed by atoms with Crippen LogP contribution in [-0.2, 0) is 0 Å². The van der Waals surface area contributed by atoms with Gasteiger partial charge in [0.25, 0.3) is 0 Å². The summed E-state index contributed by atoms with van der Waals surface area (Å²) in [7, 11) is 0. The third-order valence-corrected chi connectivity index (χ3v) is 4.14. The molecule has 0 amide bonds. The first-order valence-electron chi connectivity index (χ1n) is 7.31. The maximum atomic E-state index is 3.47. The van der Waals surface area contributed by atoms with Gasteiger partial charge in [-0.2, -0.15) is 0 Å². The smallest absolute Gasteiger partial charge is 0.0110 e. The summed E-state index contributed by atoms with van der Waals surface area (Å²) in [6, 6.07) is 0. The van der Waals surface area contributed by atoms with E-state index in [4.69, 9.17) is 0 Å². The van der Waals surface area contributed by atoms with Crippen LogP contribution in [0.2, 0.25) is 0 Å². The zero-order valence-corrected chi connectivity index (χ0v) is 11.7. The summed E-state index contributed by atoms with van der Waals surface area (Å²) >= 11 is 0. The van der Waals surface area contributed by atoms with Crippen LogP contribution in [0.1, 0.15) is 33.1 Å². The number of rotatable bonds is 3. The van der Waals surface area contributed by atoms with Gasteiger partial charge in [-0.3, -0.25) is 0 Å². The number of nitrogens with one attached hydrogen (secondary N) is 1. The highest BCUT2D eigenvalue weighted by molar-refractivity contribution is 4.80. The number of nitrogens with zero attached hydrogens (tertiary/aromatic N) is 2. The van der Waals surface area contributed by atoms with Gasteiger partial charge in [0.2, 0.25) is 0 Å². The van der Waals surface area contributed by atoms with Crippen molar-refractivity contribution in [3.8, 4) is 0 Å². The van der Waals surface area contributed by atoms with Crippen molar-refractivity contribution >= 4 is 0 Å². The third-order valence-electron chi connectivity index (χ3n) is 4.14. The summed E-state index contributed by atoms with van der Waals surface area (Å²) in [6.07, 6.45) is 4.09. The molecule has 0 atom stereocenters. The number of piperidine rings is 1. The molecule has 2 heterocycles. The van der Waals surface area contributed by atoms with E-state index in [2.05, 4.69) is 29.0 Å². The van der Waals surface area contributed by atoms with Crippen LogP contribution in [0.3, 0.4) is 0 Å². The predicted octanol–water partition coefficient (Wildman–Crippen LogP) is 1.40. The second-order valence-electron chi connectivity index (χ2n) is 6.49. The Morgan fingerprint density at radius 3 is 2.53 bits per heavy atom. The predicted molar refractivity (Wildman–Crippen MR) is 73.4 cm³/mol. The van der Waals surface area contributed by atoms with Crippen LogP contribution in [0, 0.1) is 5.41 Å². The van der Waals surface area contributed by atoms with Gasteiger partial charge < -0.3 is 15.1 Å². The Balaban J connectivity index is 1.70. The summed E-state index contributed by atoms with van der Waals surface area (Å²) in [5.74, 6) is 0. The molecule has 2 aliphatic rings. The molecule has 0 aromatic rings. The van der Waals surface area contributed by atoms with Gasteiger partial charge >= 0.3 is 0 Å². The molecule has 2 aliphatic heterocycles. The molecule has 17 heavy (non-hydrogen) atoms. The summed E-state index contributed by atoms with van der Waals surface area (Å²) in [5, 5.41) is 3.47. The van der Waals surface area contributed by atoms with Gasteiger partial charge in [-0.05, 0) is 44.3 Å². The lowest BCUT2D eigenvalue weighted by Gasteiger charge is -2.38. The number of hydrogen-bond donors (Lipinski definition) is 1. The van der Waals surface area contributed by atoms with E-state index >= 15 is 0 Å². The minimum Gasteiger partial charge on any atom is -0.315 e. The van der Waals surface area contributed by atoms with E-state index in [1.54, 1.807) is 0 Å². The van der Waals surface area contributed by atoms with Gasteiger partial charge in [0.1, 0.15) is 0 Å². The molecule has 3 nitrogen and oxygen atoms in total. The molecule has 2 saturated heterocycles. The molecule has 2 rings (SSSR count). The fraction of sp³-hybridized carbons (Fsp3) is 1.00. The van der Waals surface area contributed by atoms with Crippen molar-refractivity contribution in [2.45, 2.75) is 33.1 Å². The molecule has 0 unspecified atom stereocenters. The lowest BCUT2D eigenvalue weighted by molar-refractivity contribution is 0.105. The van der Waals surface area contributed by atoms with Crippen molar-refractivity contribution in [3.05, 3.63) is 0 Å². The molecule has 100 valence electrons. The Kier molecular flexibility index (Phi) is 4.83. The van der Waals surface area contributed by atoms with E-state index in [0.717, 1.165) is 0 Å². The molecule has 3 heteroatoms. The first kappa shape index (κ1) is 13.3. The van der Waals surface area contributed by atoms with Crippen LogP contribution in [-0.4, -0.2) is 62.2 Å². The average Bonchev–Trinajstić information content (AvgIpc) is 2.53. The van der Waals surface area contributed by atoms with Crippen molar-refractivity contribution < 1.29 is 0 Å². The van der Waals surface area contributed by atoms with Crippen LogP contribution in [0.4, 0.5) is 0 Å². The quantitative estimate of drug-likeness (QED) is 0.803. The largest absolute Gasteiger partial charge is 0.315 e. The summed E-state index contributed by atoms with van der Waals surface area (Å²) < 4.78 is 0. The average molecular weight is 239 g/mol. The summed E-state index contributed by atoms with van der Waals surface area (Å²) in [6.45, 7) is 14.8. The van der Waals surface area contributed by atoms with E-state index in [0.29, 0.717) is 5.41 Å². The first-order valence-corrected chi connectivity index (χ1v) is 7.31. The maximum absolute atomic E-state index is 3.47. The van der Waals surface area contributed by atoms with Gasteiger partial charge in [-0.1, -0.05) is 13.8 Å². The van der Waals surface area contributed by atoms with Gasteiger partial charge in [-0.15, -0.1) is 0 Å². The molecule has 0 aliphatic carbocycles. The van der Waals surface area contributed by atoms with Crippen LogP contribution in [0.5, 0.6) is 0 Å². The molecule has 0 aromatic heterocycles. The number of hydrogen-bond acceptors (Lipinski definition) is 3. The molecule has 2 fully saturated rings. The van der Waals surface area contributed by atoms with Crippen molar-refractivity contribution in [1.29, 1.82) is 0 Å². The number of likely N-dealkylation sites (tertiary alicyclic amines) is 1. The molecule has 0 bridgehead atoms. The minimum absolute atomic E-state index is 0.540. The first-order chi connectivity index (χ1) is 8.16. The Morgan fingerprint density at radius 1 is 0.941 bits per heavy atom. The van der Waals surface area contributed by atoms with Crippen LogP contribution < -0.4 is 5.32 Å².